The first kappa shape index (κ1) is 13.9. The van der Waals surface area contributed by atoms with Crippen molar-refractivity contribution in [1.82, 2.24) is 15.1 Å². The van der Waals surface area contributed by atoms with Gasteiger partial charge in [-0.3, -0.25) is 9.48 Å². The zero-order chi connectivity index (χ0) is 13.5. The van der Waals surface area contributed by atoms with Crippen molar-refractivity contribution in [1.29, 1.82) is 0 Å². The lowest BCUT2D eigenvalue weighted by molar-refractivity contribution is -0.123. The average Bonchev–Trinajstić information content (AvgIpc) is 2.73. The number of carbonyl (C=O) groups is 1. The number of rotatable bonds is 5. The van der Waals surface area contributed by atoms with Crippen LogP contribution in [0.3, 0.4) is 0 Å². The van der Waals surface area contributed by atoms with Crippen molar-refractivity contribution < 1.29 is 9.53 Å². The number of hydrogen-bond donors (Lipinski definition) is 1. The van der Waals surface area contributed by atoms with E-state index in [1.165, 1.54) is 25.7 Å². The largest absolute Gasteiger partial charge is 0.480 e. The first-order valence-electron chi connectivity index (χ1n) is 7.22. The van der Waals surface area contributed by atoms with Gasteiger partial charge in [-0.25, -0.2) is 0 Å². The van der Waals surface area contributed by atoms with Crippen molar-refractivity contribution in [2.24, 2.45) is 0 Å². The second kappa shape index (κ2) is 7.16. The predicted molar refractivity (Wildman–Crippen MR) is 73.0 cm³/mol. The lowest BCUT2D eigenvalue weighted by Crippen LogP contribution is -2.37. The molecule has 2 rings (SSSR count). The number of ether oxygens (including phenoxy) is 1. The van der Waals surface area contributed by atoms with Crippen molar-refractivity contribution >= 4 is 5.91 Å². The highest BCUT2D eigenvalue weighted by molar-refractivity contribution is 5.77. The molecular formula is C14H23N3O2. The molecule has 0 spiro atoms. The molecule has 1 aliphatic rings. The van der Waals surface area contributed by atoms with E-state index in [1.54, 1.807) is 17.1 Å². The van der Waals surface area contributed by atoms with E-state index in [0.717, 1.165) is 19.4 Å². The molecule has 1 aromatic heterocycles. The Morgan fingerprint density at radius 3 is 2.79 bits per heavy atom. The third-order valence-electron chi connectivity index (χ3n) is 3.52. The molecule has 0 saturated heterocycles. The van der Waals surface area contributed by atoms with Crippen molar-refractivity contribution in [2.45, 2.75) is 58.0 Å². The van der Waals surface area contributed by atoms with Gasteiger partial charge in [-0.15, -0.1) is 0 Å². The van der Waals surface area contributed by atoms with Gasteiger partial charge in [0.1, 0.15) is 0 Å². The molecular weight excluding hydrogens is 242 g/mol. The van der Waals surface area contributed by atoms with Gasteiger partial charge >= 0.3 is 0 Å². The number of hydrogen-bond acceptors (Lipinski definition) is 3. The second-order valence-electron chi connectivity index (χ2n) is 5.08. The van der Waals surface area contributed by atoms with E-state index >= 15 is 0 Å². The number of nitrogens with one attached hydrogen (secondary N) is 1. The van der Waals surface area contributed by atoms with E-state index < -0.39 is 0 Å². The minimum absolute atomic E-state index is 0.0313. The molecule has 0 radical (unpaired) electrons. The molecule has 5 heteroatoms. The Bertz CT molecular complexity index is 395. The van der Waals surface area contributed by atoms with E-state index in [4.69, 9.17) is 4.74 Å². The molecule has 1 amide bonds. The fourth-order valence-corrected chi connectivity index (χ4v) is 2.43. The zero-order valence-corrected chi connectivity index (χ0v) is 11.6. The normalized spacial score (nSPS) is 16.9. The molecule has 1 N–H and O–H groups in total. The van der Waals surface area contributed by atoms with Crippen LogP contribution in [-0.4, -0.2) is 28.3 Å². The summed E-state index contributed by atoms with van der Waals surface area (Å²) < 4.78 is 7.20. The second-order valence-corrected chi connectivity index (χ2v) is 5.08. The molecule has 0 atom stereocenters. The van der Waals surface area contributed by atoms with Crippen molar-refractivity contribution in [3.05, 3.63) is 12.4 Å². The van der Waals surface area contributed by atoms with Crippen LogP contribution in [0.15, 0.2) is 12.4 Å². The fourth-order valence-electron chi connectivity index (χ4n) is 2.43. The number of carbonyl (C=O) groups excluding carboxylic acids is 1. The van der Waals surface area contributed by atoms with Gasteiger partial charge in [0.25, 0.3) is 5.91 Å². The Morgan fingerprint density at radius 1 is 1.42 bits per heavy atom. The minimum atomic E-state index is -0.0313. The monoisotopic (exact) mass is 265 g/mol. The summed E-state index contributed by atoms with van der Waals surface area (Å²) in [5, 5.41) is 7.16. The molecule has 1 heterocycles. The number of nitrogens with zero attached hydrogens (tertiary/aromatic N) is 2. The minimum Gasteiger partial charge on any atom is -0.480 e. The van der Waals surface area contributed by atoms with Gasteiger partial charge in [0.2, 0.25) is 0 Å². The molecule has 0 unspecified atom stereocenters. The van der Waals surface area contributed by atoms with Gasteiger partial charge in [0.05, 0.1) is 12.4 Å². The molecule has 1 fully saturated rings. The van der Waals surface area contributed by atoms with Crippen LogP contribution in [0.25, 0.3) is 0 Å². The molecule has 5 nitrogen and oxygen atoms in total. The highest BCUT2D eigenvalue weighted by Gasteiger charge is 2.15. The van der Waals surface area contributed by atoms with E-state index in [-0.39, 0.29) is 12.5 Å². The average molecular weight is 265 g/mol. The maximum atomic E-state index is 11.8. The van der Waals surface area contributed by atoms with Gasteiger partial charge in [-0.2, -0.15) is 5.10 Å². The molecule has 0 bridgehead atoms. The number of amides is 1. The summed E-state index contributed by atoms with van der Waals surface area (Å²) in [5.41, 5.74) is 0. The van der Waals surface area contributed by atoms with Crippen LogP contribution in [0.4, 0.5) is 0 Å². The summed E-state index contributed by atoms with van der Waals surface area (Å²) >= 11 is 0. The van der Waals surface area contributed by atoms with Crippen LogP contribution in [0.5, 0.6) is 5.75 Å². The molecule has 0 aliphatic heterocycles. The van der Waals surface area contributed by atoms with Gasteiger partial charge < -0.3 is 10.1 Å². The Kier molecular flexibility index (Phi) is 5.24. The quantitative estimate of drug-likeness (QED) is 0.830. The van der Waals surface area contributed by atoms with Crippen LogP contribution in [0.1, 0.15) is 45.4 Å². The Morgan fingerprint density at radius 2 is 2.16 bits per heavy atom. The van der Waals surface area contributed by atoms with E-state index in [9.17, 15) is 4.79 Å². The SMILES string of the molecule is CCn1cc(OCC(=O)NC2CCCCCC2)cn1. The van der Waals surface area contributed by atoms with E-state index in [0.29, 0.717) is 11.8 Å². The van der Waals surface area contributed by atoms with Crippen LogP contribution >= 0.6 is 0 Å². The Labute approximate surface area is 114 Å². The molecule has 1 aromatic rings. The molecule has 0 aromatic carbocycles. The summed E-state index contributed by atoms with van der Waals surface area (Å²) in [6, 6.07) is 0.331. The summed E-state index contributed by atoms with van der Waals surface area (Å²) in [6.45, 7) is 2.89. The van der Waals surface area contributed by atoms with E-state index in [1.807, 2.05) is 6.92 Å². The van der Waals surface area contributed by atoms with Crippen LogP contribution < -0.4 is 10.1 Å². The smallest absolute Gasteiger partial charge is 0.258 e. The van der Waals surface area contributed by atoms with Crippen molar-refractivity contribution in [3.63, 3.8) is 0 Å². The van der Waals surface area contributed by atoms with Gasteiger partial charge in [0, 0.05) is 12.6 Å². The third kappa shape index (κ3) is 4.58. The highest BCUT2D eigenvalue weighted by atomic mass is 16.5. The Balaban J connectivity index is 1.71. The lowest BCUT2D eigenvalue weighted by Gasteiger charge is -2.16. The molecule has 1 aliphatic carbocycles. The highest BCUT2D eigenvalue weighted by Crippen LogP contribution is 2.17. The molecule has 1 saturated carbocycles. The first-order chi connectivity index (χ1) is 9.28. The zero-order valence-electron chi connectivity index (χ0n) is 11.6. The van der Waals surface area contributed by atoms with Crippen molar-refractivity contribution in [3.8, 4) is 5.75 Å². The van der Waals surface area contributed by atoms with Gasteiger partial charge in [-0.1, -0.05) is 25.7 Å². The van der Waals surface area contributed by atoms with Gasteiger partial charge in [0.15, 0.2) is 12.4 Å². The van der Waals surface area contributed by atoms with Crippen LogP contribution in [-0.2, 0) is 11.3 Å². The lowest BCUT2D eigenvalue weighted by atomic mass is 10.1. The topological polar surface area (TPSA) is 56.1 Å². The molecule has 19 heavy (non-hydrogen) atoms. The standard InChI is InChI=1S/C14H23N3O2/c1-2-17-10-13(9-15-17)19-11-14(18)16-12-7-5-3-4-6-8-12/h9-10,12H,2-8,11H2,1H3,(H,16,18). The predicted octanol–water partition coefficient (Wildman–Crippen LogP) is 2.12. The summed E-state index contributed by atoms with van der Waals surface area (Å²) in [7, 11) is 0. The number of aryl methyl sites for hydroxylation is 1. The third-order valence-corrected chi connectivity index (χ3v) is 3.52. The van der Waals surface area contributed by atoms with Crippen molar-refractivity contribution in [2.75, 3.05) is 6.61 Å². The van der Waals surface area contributed by atoms with Crippen LogP contribution in [0, 0.1) is 0 Å². The van der Waals surface area contributed by atoms with Crippen LogP contribution in [0.2, 0.25) is 0 Å². The number of aromatic nitrogens is 2. The summed E-state index contributed by atoms with van der Waals surface area (Å²) in [6.07, 6.45) is 10.7. The first-order valence-corrected chi connectivity index (χ1v) is 7.22. The summed E-state index contributed by atoms with van der Waals surface area (Å²) in [5.74, 6) is 0.619. The maximum absolute atomic E-state index is 11.8. The maximum Gasteiger partial charge on any atom is 0.258 e. The fraction of sp³-hybridized carbons (Fsp3) is 0.714. The Hall–Kier alpha value is -1.52. The van der Waals surface area contributed by atoms with E-state index in [2.05, 4.69) is 10.4 Å². The molecule has 106 valence electrons. The van der Waals surface area contributed by atoms with Gasteiger partial charge in [-0.05, 0) is 19.8 Å². The summed E-state index contributed by atoms with van der Waals surface area (Å²) in [4.78, 5) is 11.8.